The molecule has 0 saturated carbocycles. The van der Waals surface area contributed by atoms with Crippen LogP contribution in [0.2, 0.25) is 0 Å². The van der Waals surface area contributed by atoms with E-state index in [1.807, 2.05) is 11.0 Å². The number of piperidine rings is 1. The Kier molecular flexibility index (Phi) is 9.03. The van der Waals surface area contributed by atoms with Gasteiger partial charge >= 0.3 is 5.97 Å². The van der Waals surface area contributed by atoms with E-state index < -0.39 is 5.97 Å². The van der Waals surface area contributed by atoms with E-state index in [0.29, 0.717) is 56.4 Å². The van der Waals surface area contributed by atoms with E-state index in [-0.39, 0.29) is 24.7 Å². The number of hydrogen-bond donors (Lipinski definition) is 2. The van der Waals surface area contributed by atoms with Gasteiger partial charge in [-0.1, -0.05) is 30.3 Å². The average molecular weight is 638 g/mol. The number of hydrogen-bond acceptors (Lipinski definition) is 6. The molecule has 1 saturated heterocycles. The van der Waals surface area contributed by atoms with Gasteiger partial charge in [0, 0.05) is 30.5 Å². The molecule has 0 atom stereocenters. The summed E-state index contributed by atoms with van der Waals surface area (Å²) in [5.41, 5.74) is 2.48. The van der Waals surface area contributed by atoms with Crippen molar-refractivity contribution in [2.24, 2.45) is 5.92 Å². The number of benzene rings is 2. The molecule has 7 nitrogen and oxygen atoms in total. The minimum Gasteiger partial charge on any atom is -0.505 e. The standard InChI is InChI=1S/C26H26Br2N2O5S/c27-19-14-18(24(22(28)23(19)33)35-12-4-7-21(31)32)20-15-36-25(29-20)26(34)30-10-8-17(9-11-30)13-16-5-2-1-3-6-16/h1-3,5-6,14-15,17,33H,4,7-13H2,(H,31,32). The Balaban J connectivity index is 1.44. The lowest BCUT2D eigenvalue weighted by molar-refractivity contribution is -0.137. The lowest BCUT2D eigenvalue weighted by atomic mass is 9.90. The molecule has 0 aliphatic carbocycles. The molecule has 36 heavy (non-hydrogen) atoms. The van der Waals surface area contributed by atoms with Gasteiger partial charge in [-0.25, -0.2) is 4.98 Å². The van der Waals surface area contributed by atoms with Gasteiger partial charge in [0.05, 0.1) is 16.8 Å². The third-order valence-electron chi connectivity index (χ3n) is 6.16. The highest BCUT2D eigenvalue weighted by Crippen LogP contribution is 2.46. The predicted molar refractivity (Wildman–Crippen MR) is 146 cm³/mol. The Morgan fingerprint density at radius 2 is 1.89 bits per heavy atom. The molecule has 4 rings (SSSR count). The Labute approximate surface area is 230 Å². The molecular weight excluding hydrogens is 612 g/mol. The number of thiazole rings is 1. The molecule has 10 heteroatoms. The van der Waals surface area contributed by atoms with Crippen LogP contribution in [0.25, 0.3) is 11.3 Å². The molecule has 0 spiro atoms. The van der Waals surface area contributed by atoms with Crippen molar-refractivity contribution in [3.8, 4) is 22.8 Å². The maximum absolute atomic E-state index is 13.2. The summed E-state index contributed by atoms with van der Waals surface area (Å²) in [4.78, 5) is 30.5. The zero-order valence-corrected chi connectivity index (χ0v) is 23.4. The largest absolute Gasteiger partial charge is 0.505 e. The number of carbonyl (C=O) groups excluding carboxylic acids is 1. The number of aromatic hydroxyl groups is 1. The second kappa shape index (κ2) is 12.2. The highest BCUT2D eigenvalue weighted by molar-refractivity contribution is 9.11. The van der Waals surface area contributed by atoms with Gasteiger partial charge in [-0.15, -0.1) is 11.3 Å². The van der Waals surface area contributed by atoms with Crippen molar-refractivity contribution >= 4 is 55.1 Å². The van der Waals surface area contributed by atoms with Crippen LogP contribution in [0.15, 0.2) is 50.7 Å². The molecule has 2 aromatic carbocycles. The lowest BCUT2D eigenvalue weighted by Gasteiger charge is -2.31. The number of rotatable bonds is 9. The molecule has 1 aliphatic heterocycles. The number of carboxylic acids is 1. The molecule has 0 radical (unpaired) electrons. The van der Waals surface area contributed by atoms with Crippen molar-refractivity contribution in [2.45, 2.75) is 32.1 Å². The van der Waals surface area contributed by atoms with Crippen molar-refractivity contribution in [1.82, 2.24) is 9.88 Å². The van der Waals surface area contributed by atoms with Gasteiger partial charge in [0.1, 0.15) is 16.0 Å². The maximum atomic E-state index is 13.2. The molecule has 0 unspecified atom stereocenters. The first-order valence-electron chi connectivity index (χ1n) is 11.7. The second-order valence-corrected chi connectivity index (χ2v) is 11.2. The first-order chi connectivity index (χ1) is 17.3. The number of amides is 1. The monoisotopic (exact) mass is 636 g/mol. The average Bonchev–Trinajstić information content (AvgIpc) is 3.37. The van der Waals surface area contributed by atoms with E-state index in [4.69, 9.17) is 9.84 Å². The zero-order chi connectivity index (χ0) is 25.7. The van der Waals surface area contributed by atoms with Crippen LogP contribution >= 0.6 is 43.2 Å². The van der Waals surface area contributed by atoms with Crippen LogP contribution in [0, 0.1) is 5.92 Å². The second-order valence-electron chi connectivity index (χ2n) is 8.71. The number of aliphatic carboxylic acids is 1. The van der Waals surface area contributed by atoms with E-state index >= 15 is 0 Å². The van der Waals surface area contributed by atoms with Gasteiger partial charge in [-0.3, -0.25) is 9.59 Å². The summed E-state index contributed by atoms with van der Waals surface area (Å²) in [6.45, 7) is 1.58. The van der Waals surface area contributed by atoms with E-state index in [1.54, 1.807) is 11.4 Å². The smallest absolute Gasteiger partial charge is 0.303 e. The molecule has 1 fully saturated rings. The SMILES string of the molecule is O=C(O)CCCOc1c(-c2csc(C(=O)N3CCC(Cc4ccccc4)CC3)n2)cc(Br)c(O)c1Br. The third-order valence-corrected chi connectivity index (χ3v) is 8.33. The number of carboxylic acid groups (broad SMARTS) is 1. The van der Waals surface area contributed by atoms with E-state index in [1.165, 1.54) is 16.9 Å². The summed E-state index contributed by atoms with van der Waals surface area (Å²) in [7, 11) is 0. The molecule has 190 valence electrons. The Morgan fingerprint density at radius 3 is 2.58 bits per heavy atom. The number of aromatic nitrogens is 1. The van der Waals surface area contributed by atoms with Crippen molar-refractivity contribution in [2.75, 3.05) is 19.7 Å². The van der Waals surface area contributed by atoms with E-state index in [2.05, 4.69) is 61.1 Å². The number of likely N-dealkylation sites (tertiary alicyclic amines) is 1. The quantitative estimate of drug-likeness (QED) is 0.264. The van der Waals surface area contributed by atoms with Gasteiger partial charge < -0.3 is 19.8 Å². The first kappa shape index (κ1) is 26.6. The summed E-state index contributed by atoms with van der Waals surface area (Å²) in [5, 5.41) is 21.4. The summed E-state index contributed by atoms with van der Waals surface area (Å²) in [6.07, 6.45) is 3.26. The molecule has 1 amide bonds. The summed E-state index contributed by atoms with van der Waals surface area (Å²) < 4.78 is 6.62. The van der Waals surface area contributed by atoms with Crippen molar-refractivity contribution < 1.29 is 24.5 Å². The first-order valence-corrected chi connectivity index (χ1v) is 14.1. The fourth-order valence-electron chi connectivity index (χ4n) is 4.24. The maximum Gasteiger partial charge on any atom is 0.303 e. The fraction of sp³-hybridized carbons (Fsp3) is 0.346. The lowest BCUT2D eigenvalue weighted by Crippen LogP contribution is -2.38. The Morgan fingerprint density at radius 1 is 1.17 bits per heavy atom. The van der Waals surface area contributed by atoms with Crippen LogP contribution in [0.3, 0.4) is 0 Å². The summed E-state index contributed by atoms with van der Waals surface area (Å²) in [6, 6.07) is 12.1. The normalized spacial score (nSPS) is 14.1. The van der Waals surface area contributed by atoms with Crippen LogP contribution in [-0.2, 0) is 11.2 Å². The molecule has 0 bridgehead atoms. The van der Waals surface area contributed by atoms with Crippen LogP contribution in [-0.4, -0.2) is 51.7 Å². The summed E-state index contributed by atoms with van der Waals surface area (Å²) in [5.74, 6) is -0.0895. The zero-order valence-electron chi connectivity index (χ0n) is 19.5. The van der Waals surface area contributed by atoms with E-state index in [9.17, 15) is 14.7 Å². The highest BCUT2D eigenvalue weighted by Gasteiger charge is 2.27. The summed E-state index contributed by atoms with van der Waals surface area (Å²) >= 11 is 7.99. The number of carbonyl (C=O) groups is 2. The Bertz CT molecular complexity index is 1230. The Hall–Kier alpha value is -2.43. The molecule has 1 aliphatic rings. The van der Waals surface area contributed by atoms with Crippen molar-refractivity contribution in [3.63, 3.8) is 0 Å². The number of phenols is 1. The molecule has 2 heterocycles. The van der Waals surface area contributed by atoms with Gasteiger partial charge in [0.25, 0.3) is 5.91 Å². The number of phenolic OH excluding ortho intramolecular Hbond substituents is 1. The van der Waals surface area contributed by atoms with E-state index in [0.717, 1.165) is 19.3 Å². The minimum absolute atomic E-state index is 0.0210. The van der Waals surface area contributed by atoms with Gasteiger partial charge in [-0.05, 0) is 75.1 Å². The topological polar surface area (TPSA) is 100.0 Å². The molecule has 3 aromatic rings. The van der Waals surface area contributed by atoms with Crippen LogP contribution in [0.5, 0.6) is 11.5 Å². The number of nitrogens with zero attached hydrogens (tertiary/aromatic N) is 2. The molecule has 2 N–H and O–H groups in total. The van der Waals surface area contributed by atoms with Gasteiger partial charge in [-0.2, -0.15) is 0 Å². The van der Waals surface area contributed by atoms with Crippen molar-refractivity contribution in [1.29, 1.82) is 0 Å². The number of halogens is 2. The van der Waals surface area contributed by atoms with Gasteiger partial charge in [0.2, 0.25) is 0 Å². The van der Waals surface area contributed by atoms with Gasteiger partial charge in [0.15, 0.2) is 5.01 Å². The fourth-order valence-corrected chi connectivity index (χ4v) is 6.26. The van der Waals surface area contributed by atoms with Crippen molar-refractivity contribution in [3.05, 3.63) is 61.3 Å². The van der Waals surface area contributed by atoms with Crippen LogP contribution in [0.1, 0.15) is 41.0 Å². The van der Waals surface area contributed by atoms with Crippen LogP contribution < -0.4 is 4.74 Å². The number of ether oxygens (including phenoxy) is 1. The van der Waals surface area contributed by atoms with Crippen LogP contribution in [0.4, 0.5) is 0 Å². The third kappa shape index (κ3) is 6.46. The molecule has 1 aromatic heterocycles. The predicted octanol–water partition coefficient (Wildman–Crippen LogP) is 6.38. The molecular formula is C26H26Br2N2O5S. The minimum atomic E-state index is -0.900. The highest BCUT2D eigenvalue weighted by atomic mass is 79.9.